The molecule has 0 saturated carbocycles. The number of benzene rings is 1. The molecule has 0 spiro atoms. The predicted octanol–water partition coefficient (Wildman–Crippen LogP) is 4.39. The molecule has 0 fully saturated rings. The van der Waals surface area contributed by atoms with E-state index in [1.54, 1.807) is 0 Å². The molecule has 102 valence electrons. The van der Waals surface area contributed by atoms with Crippen LogP contribution in [0.25, 0.3) is 0 Å². The molecule has 1 aromatic heterocycles. The fourth-order valence-corrected chi connectivity index (χ4v) is 1.99. The van der Waals surface area contributed by atoms with Crippen LogP contribution >= 0.6 is 0 Å². The predicted molar refractivity (Wildman–Crippen MR) is 84.6 cm³/mol. The van der Waals surface area contributed by atoms with Crippen LogP contribution in [0.4, 0.5) is 0 Å². The summed E-state index contributed by atoms with van der Waals surface area (Å²) in [6.45, 7) is 4.36. The van der Waals surface area contributed by atoms with Crippen LogP contribution in [0.15, 0.2) is 42.6 Å². The Bertz CT molecular complexity index is 582. The van der Waals surface area contributed by atoms with Gasteiger partial charge in [-0.2, -0.15) is 0 Å². The van der Waals surface area contributed by atoms with E-state index in [1.807, 2.05) is 12.3 Å². The molecule has 1 nitrogen and oxygen atoms in total. The third-order valence-electron chi connectivity index (χ3n) is 3.34. The van der Waals surface area contributed by atoms with Crippen molar-refractivity contribution in [1.82, 2.24) is 4.98 Å². The Hall–Kier alpha value is -2.07. The van der Waals surface area contributed by atoms with E-state index in [0.29, 0.717) is 0 Å². The standard InChI is InChI=1S/C19H21N/c1-3-5-6-18-12-14-19(20-15-18)13-11-17-9-7-16(4-2)8-10-17/h7-10,12,14-15H,3-6H2,1-2H3. The number of aromatic nitrogens is 1. The molecule has 2 aromatic rings. The van der Waals surface area contributed by atoms with E-state index in [0.717, 1.165) is 24.1 Å². The lowest BCUT2D eigenvalue weighted by atomic mass is 10.1. The highest BCUT2D eigenvalue weighted by Crippen LogP contribution is 2.06. The molecule has 0 aliphatic rings. The number of hydrogen-bond donors (Lipinski definition) is 0. The zero-order valence-corrected chi connectivity index (χ0v) is 12.3. The quantitative estimate of drug-likeness (QED) is 0.746. The average molecular weight is 263 g/mol. The first kappa shape index (κ1) is 14.3. The maximum atomic E-state index is 4.41. The zero-order chi connectivity index (χ0) is 14.2. The van der Waals surface area contributed by atoms with Crippen molar-refractivity contribution in [3.63, 3.8) is 0 Å². The molecular weight excluding hydrogens is 242 g/mol. The van der Waals surface area contributed by atoms with Gasteiger partial charge in [-0.25, -0.2) is 4.98 Å². The molecule has 0 aliphatic heterocycles. The number of hydrogen-bond acceptors (Lipinski definition) is 1. The van der Waals surface area contributed by atoms with Crippen molar-refractivity contribution in [3.8, 4) is 11.8 Å². The van der Waals surface area contributed by atoms with Gasteiger partial charge in [0.15, 0.2) is 0 Å². The van der Waals surface area contributed by atoms with Crippen molar-refractivity contribution in [2.75, 3.05) is 0 Å². The minimum Gasteiger partial charge on any atom is -0.248 e. The van der Waals surface area contributed by atoms with Crippen LogP contribution in [0.3, 0.4) is 0 Å². The molecule has 20 heavy (non-hydrogen) atoms. The maximum Gasteiger partial charge on any atom is 0.113 e. The van der Waals surface area contributed by atoms with Gasteiger partial charge in [-0.3, -0.25) is 0 Å². The number of rotatable bonds is 4. The molecule has 1 heterocycles. The molecule has 0 amide bonds. The van der Waals surface area contributed by atoms with E-state index in [1.165, 1.54) is 24.0 Å². The van der Waals surface area contributed by atoms with Crippen LogP contribution in [0, 0.1) is 11.8 Å². The second-order valence-corrected chi connectivity index (χ2v) is 4.96. The van der Waals surface area contributed by atoms with Crippen molar-refractivity contribution in [1.29, 1.82) is 0 Å². The van der Waals surface area contributed by atoms with Gasteiger partial charge in [-0.1, -0.05) is 44.4 Å². The van der Waals surface area contributed by atoms with E-state index < -0.39 is 0 Å². The molecule has 2 rings (SSSR count). The maximum absolute atomic E-state index is 4.41. The number of aryl methyl sites for hydroxylation is 2. The number of unbranched alkanes of at least 4 members (excludes halogenated alkanes) is 1. The van der Waals surface area contributed by atoms with Crippen LogP contribution in [-0.2, 0) is 12.8 Å². The van der Waals surface area contributed by atoms with E-state index >= 15 is 0 Å². The molecular formula is C19H21N. The molecule has 0 bridgehead atoms. The third kappa shape index (κ3) is 4.24. The summed E-state index contributed by atoms with van der Waals surface area (Å²) in [5.41, 5.74) is 4.52. The average Bonchev–Trinajstić information content (AvgIpc) is 2.52. The Labute approximate surface area is 122 Å². The van der Waals surface area contributed by atoms with Crippen LogP contribution in [0.2, 0.25) is 0 Å². The second kappa shape index (κ2) is 7.50. The first-order valence-corrected chi connectivity index (χ1v) is 7.37. The van der Waals surface area contributed by atoms with Gasteiger partial charge in [-0.15, -0.1) is 0 Å². The van der Waals surface area contributed by atoms with Crippen molar-refractivity contribution in [2.45, 2.75) is 39.5 Å². The van der Waals surface area contributed by atoms with Crippen LogP contribution in [0.1, 0.15) is 49.1 Å². The zero-order valence-electron chi connectivity index (χ0n) is 12.3. The molecule has 1 aromatic carbocycles. The van der Waals surface area contributed by atoms with Gasteiger partial charge in [0.2, 0.25) is 0 Å². The summed E-state index contributed by atoms with van der Waals surface area (Å²) in [5, 5.41) is 0. The van der Waals surface area contributed by atoms with Gasteiger partial charge in [-0.05, 0) is 54.5 Å². The lowest BCUT2D eigenvalue weighted by molar-refractivity contribution is 0.792. The van der Waals surface area contributed by atoms with Crippen molar-refractivity contribution in [2.24, 2.45) is 0 Å². The summed E-state index contributed by atoms with van der Waals surface area (Å²) < 4.78 is 0. The fourth-order valence-electron chi connectivity index (χ4n) is 1.99. The normalized spacial score (nSPS) is 9.90. The van der Waals surface area contributed by atoms with Gasteiger partial charge in [0.25, 0.3) is 0 Å². The summed E-state index contributed by atoms with van der Waals surface area (Å²) in [4.78, 5) is 4.41. The molecule has 0 unspecified atom stereocenters. The SMILES string of the molecule is CCCCc1ccc(C#Cc2ccc(CC)cc2)nc1. The topological polar surface area (TPSA) is 12.9 Å². The highest BCUT2D eigenvalue weighted by molar-refractivity contribution is 5.41. The smallest absolute Gasteiger partial charge is 0.113 e. The molecule has 0 radical (unpaired) electrons. The molecule has 1 heteroatoms. The summed E-state index contributed by atoms with van der Waals surface area (Å²) >= 11 is 0. The largest absolute Gasteiger partial charge is 0.248 e. The Morgan fingerprint density at radius 2 is 1.65 bits per heavy atom. The summed E-state index contributed by atoms with van der Waals surface area (Å²) in [5.74, 6) is 6.28. The third-order valence-corrected chi connectivity index (χ3v) is 3.34. The second-order valence-electron chi connectivity index (χ2n) is 4.96. The van der Waals surface area contributed by atoms with E-state index in [4.69, 9.17) is 0 Å². The number of pyridine rings is 1. The van der Waals surface area contributed by atoms with Gasteiger partial charge in [0.05, 0.1) is 0 Å². The Morgan fingerprint density at radius 3 is 2.25 bits per heavy atom. The van der Waals surface area contributed by atoms with Crippen LogP contribution in [-0.4, -0.2) is 4.98 Å². The minimum atomic E-state index is 0.838. The monoisotopic (exact) mass is 263 g/mol. The van der Waals surface area contributed by atoms with Crippen molar-refractivity contribution in [3.05, 3.63) is 65.0 Å². The van der Waals surface area contributed by atoms with Gasteiger partial charge >= 0.3 is 0 Å². The lowest BCUT2D eigenvalue weighted by Crippen LogP contribution is -1.88. The highest BCUT2D eigenvalue weighted by Gasteiger charge is 1.94. The van der Waals surface area contributed by atoms with E-state index in [2.05, 4.69) is 61.0 Å². The molecule has 0 N–H and O–H groups in total. The molecule has 0 saturated heterocycles. The Balaban J connectivity index is 2.04. The van der Waals surface area contributed by atoms with Crippen LogP contribution in [0.5, 0.6) is 0 Å². The summed E-state index contributed by atoms with van der Waals surface area (Å²) in [6, 6.07) is 12.5. The van der Waals surface area contributed by atoms with E-state index in [-0.39, 0.29) is 0 Å². The Morgan fingerprint density at radius 1 is 0.900 bits per heavy atom. The summed E-state index contributed by atoms with van der Waals surface area (Å²) in [6.07, 6.45) is 6.55. The lowest BCUT2D eigenvalue weighted by Gasteiger charge is -1.98. The minimum absolute atomic E-state index is 0.838. The van der Waals surface area contributed by atoms with Crippen LogP contribution < -0.4 is 0 Å². The van der Waals surface area contributed by atoms with E-state index in [9.17, 15) is 0 Å². The van der Waals surface area contributed by atoms with Crippen molar-refractivity contribution >= 4 is 0 Å². The highest BCUT2D eigenvalue weighted by atomic mass is 14.7. The first-order chi connectivity index (χ1) is 9.81. The van der Waals surface area contributed by atoms with Gasteiger partial charge in [0, 0.05) is 11.8 Å². The molecule has 0 atom stereocenters. The van der Waals surface area contributed by atoms with Crippen molar-refractivity contribution < 1.29 is 0 Å². The summed E-state index contributed by atoms with van der Waals surface area (Å²) in [7, 11) is 0. The molecule has 0 aliphatic carbocycles. The fraction of sp³-hybridized carbons (Fsp3) is 0.316. The van der Waals surface area contributed by atoms with Gasteiger partial charge < -0.3 is 0 Å². The Kier molecular flexibility index (Phi) is 5.38. The first-order valence-electron chi connectivity index (χ1n) is 7.37. The van der Waals surface area contributed by atoms with Gasteiger partial charge in [0.1, 0.15) is 5.69 Å². The number of nitrogens with zero attached hydrogens (tertiary/aromatic N) is 1.